The van der Waals surface area contributed by atoms with Crippen molar-refractivity contribution in [2.75, 3.05) is 33.4 Å². The lowest BCUT2D eigenvalue weighted by molar-refractivity contribution is 0.104. The number of Topliss-reactive ketones (excluding diaryl/α,β-unsaturated/α-hetero) is 1. The number of rotatable bonds is 10. The minimum absolute atomic E-state index is 0.0713. The molecule has 5 heteroatoms. The van der Waals surface area contributed by atoms with Crippen LogP contribution in [0.25, 0.3) is 6.08 Å². The van der Waals surface area contributed by atoms with Gasteiger partial charge in [0.2, 0.25) is 0 Å². The third-order valence-electron chi connectivity index (χ3n) is 6.43. The van der Waals surface area contributed by atoms with Gasteiger partial charge >= 0.3 is 0 Å². The summed E-state index contributed by atoms with van der Waals surface area (Å²) in [5.74, 6) is 1.44. The average Bonchev–Trinajstić information content (AvgIpc) is 3.13. The third kappa shape index (κ3) is 5.77. The zero-order valence-corrected chi connectivity index (χ0v) is 19.1. The predicted molar refractivity (Wildman–Crippen MR) is 127 cm³/mol. The van der Waals surface area contributed by atoms with Gasteiger partial charge in [0.25, 0.3) is 0 Å². The van der Waals surface area contributed by atoms with Gasteiger partial charge in [0.1, 0.15) is 0 Å². The molecule has 1 saturated heterocycles. The van der Waals surface area contributed by atoms with Crippen LogP contribution in [0.1, 0.15) is 66.4 Å². The quantitative estimate of drug-likeness (QED) is 0.373. The monoisotopic (exact) mass is 434 g/mol. The highest BCUT2D eigenvalue weighted by Crippen LogP contribution is 2.37. The molecular weight excluding hydrogens is 400 g/mol. The summed E-state index contributed by atoms with van der Waals surface area (Å²) < 4.78 is 11.6. The van der Waals surface area contributed by atoms with Gasteiger partial charge in [-0.15, -0.1) is 0 Å². The van der Waals surface area contributed by atoms with Crippen LogP contribution in [0, 0.1) is 0 Å². The number of benzene rings is 1. The summed E-state index contributed by atoms with van der Waals surface area (Å²) in [6.45, 7) is 4.43. The van der Waals surface area contributed by atoms with Crippen molar-refractivity contribution in [1.29, 1.82) is 0 Å². The summed E-state index contributed by atoms with van der Waals surface area (Å²) >= 11 is 0. The number of methoxy groups -OCH3 is 1. The number of allylic oxidation sites excluding steroid dienone is 1. The van der Waals surface area contributed by atoms with Gasteiger partial charge in [-0.25, -0.2) is 0 Å². The Bertz CT molecular complexity index is 933. The van der Waals surface area contributed by atoms with Gasteiger partial charge in [-0.3, -0.25) is 9.78 Å². The molecular formula is C27H34N2O3. The number of likely N-dealkylation sites (tertiary alicyclic amines) is 1. The number of unbranched alkanes of at least 4 members (excludes halogenated alkanes) is 3. The summed E-state index contributed by atoms with van der Waals surface area (Å²) in [5, 5.41) is 0. The fourth-order valence-corrected chi connectivity index (χ4v) is 4.62. The Labute approximate surface area is 191 Å². The van der Waals surface area contributed by atoms with E-state index >= 15 is 0 Å². The van der Waals surface area contributed by atoms with Crippen molar-refractivity contribution >= 4 is 11.9 Å². The fraction of sp³-hybridized carbons (Fsp3) is 0.481. The molecule has 0 spiro atoms. The summed E-state index contributed by atoms with van der Waals surface area (Å²) in [5.41, 5.74) is 3.50. The van der Waals surface area contributed by atoms with Crippen molar-refractivity contribution in [2.45, 2.75) is 51.4 Å². The first-order chi connectivity index (χ1) is 15.7. The van der Waals surface area contributed by atoms with E-state index in [2.05, 4.69) is 9.88 Å². The molecule has 0 amide bonds. The number of aromatic nitrogens is 1. The molecule has 0 radical (unpaired) electrons. The summed E-state index contributed by atoms with van der Waals surface area (Å²) in [6, 6.07) is 7.63. The molecule has 1 aromatic heterocycles. The number of nitrogens with zero attached hydrogens (tertiary/aromatic N) is 2. The van der Waals surface area contributed by atoms with Crippen molar-refractivity contribution in [3.8, 4) is 11.5 Å². The third-order valence-corrected chi connectivity index (χ3v) is 6.43. The minimum atomic E-state index is 0.0713. The van der Waals surface area contributed by atoms with E-state index in [0.717, 1.165) is 28.7 Å². The van der Waals surface area contributed by atoms with Gasteiger partial charge in [0, 0.05) is 30.0 Å². The Hall–Kier alpha value is -2.66. The van der Waals surface area contributed by atoms with Crippen LogP contribution in [-0.2, 0) is 6.42 Å². The van der Waals surface area contributed by atoms with E-state index in [1.807, 2.05) is 30.3 Å². The van der Waals surface area contributed by atoms with Gasteiger partial charge < -0.3 is 14.4 Å². The molecule has 4 rings (SSSR count). The molecule has 0 saturated carbocycles. The van der Waals surface area contributed by atoms with E-state index in [1.54, 1.807) is 19.5 Å². The Morgan fingerprint density at radius 3 is 2.56 bits per heavy atom. The van der Waals surface area contributed by atoms with Gasteiger partial charge in [0.15, 0.2) is 17.3 Å². The van der Waals surface area contributed by atoms with Crippen LogP contribution >= 0.6 is 0 Å². The van der Waals surface area contributed by atoms with Gasteiger partial charge in [-0.1, -0.05) is 19.3 Å². The highest BCUT2D eigenvalue weighted by Gasteiger charge is 2.27. The summed E-state index contributed by atoms with van der Waals surface area (Å²) in [7, 11) is 1.65. The number of carbonyl (C=O) groups excluding carboxylic acids is 1. The number of pyridine rings is 1. The molecule has 170 valence electrons. The molecule has 1 aliphatic carbocycles. The molecule has 5 nitrogen and oxygen atoms in total. The number of carbonyl (C=O) groups is 1. The normalized spacial score (nSPS) is 17.5. The first kappa shape index (κ1) is 22.5. The first-order valence-corrected chi connectivity index (χ1v) is 12.0. The molecule has 2 aliphatic rings. The second-order valence-electron chi connectivity index (χ2n) is 8.78. The predicted octanol–water partition coefficient (Wildman–Crippen LogP) is 5.34. The standard InChI is InChI=1S/C27H34N2O3/c1-31-25-19-22-18-23(17-21-9-11-28-12-10-21)27(30)24(22)20-26(25)32-16-8-3-2-5-13-29-14-6-4-7-15-29/h9-12,17,19-20H,2-8,13-16,18H2,1H3/b23-17-. The second kappa shape index (κ2) is 11.3. The van der Waals surface area contributed by atoms with Gasteiger partial charge in [-0.2, -0.15) is 0 Å². The van der Waals surface area contributed by atoms with Crippen LogP contribution in [0.4, 0.5) is 0 Å². The number of hydrogen-bond donors (Lipinski definition) is 0. The molecule has 1 aromatic carbocycles. The summed E-state index contributed by atoms with van der Waals surface area (Å²) in [6.07, 6.45) is 14.8. The number of ether oxygens (including phenoxy) is 2. The summed E-state index contributed by atoms with van der Waals surface area (Å²) in [4.78, 5) is 19.6. The van der Waals surface area contributed by atoms with E-state index < -0.39 is 0 Å². The number of hydrogen-bond acceptors (Lipinski definition) is 5. The maximum Gasteiger partial charge on any atom is 0.189 e. The Morgan fingerprint density at radius 2 is 1.78 bits per heavy atom. The van der Waals surface area contributed by atoms with Crippen LogP contribution in [0.15, 0.2) is 42.2 Å². The van der Waals surface area contributed by atoms with Crippen molar-refractivity contribution in [3.63, 3.8) is 0 Å². The zero-order chi connectivity index (χ0) is 22.2. The topological polar surface area (TPSA) is 51.7 Å². The molecule has 0 bridgehead atoms. The van der Waals surface area contributed by atoms with Crippen LogP contribution in [0.3, 0.4) is 0 Å². The van der Waals surface area contributed by atoms with Crippen molar-refractivity contribution in [3.05, 3.63) is 58.9 Å². The second-order valence-corrected chi connectivity index (χ2v) is 8.78. The van der Waals surface area contributed by atoms with Crippen molar-refractivity contribution < 1.29 is 14.3 Å². The molecule has 0 atom stereocenters. The molecule has 32 heavy (non-hydrogen) atoms. The van der Waals surface area contributed by atoms with Crippen molar-refractivity contribution in [2.24, 2.45) is 0 Å². The molecule has 0 N–H and O–H groups in total. The van der Waals surface area contributed by atoms with E-state index in [4.69, 9.17) is 9.47 Å². The van der Waals surface area contributed by atoms with Gasteiger partial charge in [-0.05, 0) is 86.8 Å². The molecule has 0 unspecified atom stereocenters. The molecule has 2 heterocycles. The van der Waals surface area contributed by atoms with Crippen LogP contribution in [-0.4, -0.2) is 49.0 Å². The Kier molecular flexibility index (Phi) is 7.94. The number of piperidine rings is 1. The van der Waals surface area contributed by atoms with Crippen LogP contribution in [0.5, 0.6) is 11.5 Å². The largest absolute Gasteiger partial charge is 0.493 e. The van der Waals surface area contributed by atoms with E-state index in [-0.39, 0.29) is 5.78 Å². The molecule has 2 aromatic rings. The fourth-order valence-electron chi connectivity index (χ4n) is 4.62. The van der Waals surface area contributed by atoms with Crippen molar-refractivity contribution in [1.82, 2.24) is 9.88 Å². The smallest absolute Gasteiger partial charge is 0.189 e. The highest BCUT2D eigenvalue weighted by molar-refractivity contribution is 6.15. The van der Waals surface area contributed by atoms with E-state index in [1.165, 1.54) is 58.2 Å². The SMILES string of the molecule is COc1cc2c(cc1OCCCCCCN1CCCCC1)C(=O)/C(=C\c1ccncc1)C2. The van der Waals surface area contributed by atoms with E-state index in [0.29, 0.717) is 24.5 Å². The minimum Gasteiger partial charge on any atom is -0.493 e. The lowest BCUT2D eigenvalue weighted by Gasteiger charge is -2.26. The lowest BCUT2D eigenvalue weighted by Crippen LogP contribution is -2.30. The Morgan fingerprint density at radius 1 is 1.00 bits per heavy atom. The zero-order valence-electron chi connectivity index (χ0n) is 19.1. The number of ketones is 1. The van der Waals surface area contributed by atoms with Gasteiger partial charge in [0.05, 0.1) is 13.7 Å². The lowest BCUT2D eigenvalue weighted by atomic mass is 10.1. The maximum absolute atomic E-state index is 12.9. The number of fused-ring (bicyclic) bond motifs is 1. The Balaban J connectivity index is 1.28. The molecule has 1 fully saturated rings. The maximum atomic E-state index is 12.9. The van der Waals surface area contributed by atoms with E-state index in [9.17, 15) is 4.79 Å². The highest BCUT2D eigenvalue weighted by atomic mass is 16.5. The van der Waals surface area contributed by atoms with Crippen LogP contribution in [0.2, 0.25) is 0 Å². The first-order valence-electron chi connectivity index (χ1n) is 12.0. The van der Waals surface area contributed by atoms with Crippen LogP contribution < -0.4 is 9.47 Å². The molecule has 1 aliphatic heterocycles. The average molecular weight is 435 g/mol.